The van der Waals surface area contributed by atoms with Crippen molar-refractivity contribution in [3.63, 3.8) is 0 Å². The molecule has 38 heavy (non-hydrogen) atoms. The van der Waals surface area contributed by atoms with Gasteiger partial charge in [0.15, 0.2) is 5.78 Å². The van der Waals surface area contributed by atoms with E-state index in [1.807, 2.05) is 26.1 Å². The van der Waals surface area contributed by atoms with Crippen LogP contribution in [0.25, 0.3) is 0 Å². The van der Waals surface area contributed by atoms with Crippen molar-refractivity contribution in [3.8, 4) is 0 Å². The van der Waals surface area contributed by atoms with Gasteiger partial charge in [0.25, 0.3) is 11.8 Å². The van der Waals surface area contributed by atoms with Crippen molar-refractivity contribution < 1.29 is 31.9 Å². The molecular formula is C28H27ClF4N2O3. The van der Waals surface area contributed by atoms with Crippen molar-refractivity contribution >= 4 is 34.9 Å². The first-order valence-electron chi connectivity index (χ1n) is 12.0. The summed E-state index contributed by atoms with van der Waals surface area (Å²) in [7, 11) is 0. The number of carbonyl (C=O) groups excluding carboxylic acids is 3. The van der Waals surface area contributed by atoms with Crippen LogP contribution in [-0.4, -0.2) is 29.3 Å². The maximum absolute atomic E-state index is 15.0. The van der Waals surface area contributed by atoms with Crippen molar-refractivity contribution in [1.82, 2.24) is 5.32 Å². The fourth-order valence-corrected chi connectivity index (χ4v) is 5.19. The number of alkyl halides is 3. The number of benzene rings is 2. The first-order chi connectivity index (χ1) is 17.4. The Balaban J connectivity index is 1.89. The summed E-state index contributed by atoms with van der Waals surface area (Å²) in [6.45, 7) is 9.21. The molecule has 1 aliphatic heterocycles. The quantitative estimate of drug-likeness (QED) is 0.444. The van der Waals surface area contributed by atoms with Crippen molar-refractivity contribution in [2.75, 3.05) is 4.90 Å². The van der Waals surface area contributed by atoms with Gasteiger partial charge in [-0.15, -0.1) is 0 Å². The fraction of sp³-hybridized carbons (Fsp3) is 0.393. The highest BCUT2D eigenvalue weighted by Crippen LogP contribution is 2.53. The number of halogens is 5. The zero-order valence-electron chi connectivity index (χ0n) is 21.5. The normalized spacial score (nSPS) is 21.6. The van der Waals surface area contributed by atoms with E-state index in [-0.39, 0.29) is 35.2 Å². The number of ketones is 1. The molecule has 5 nitrogen and oxygen atoms in total. The number of carbonyl (C=O) groups is 3. The summed E-state index contributed by atoms with van der Waals surface area (Å²) in [5.41, 5.74) is -5.08. The lowest BCUT2D eigenvalue weighted by molar-refractivity contribution is -0.186. The number of allylic oxidation sites excluding steroid dienone is 1. The van der Waals surface area contributed by atoms with E-state index >= 15 is 0 Å². The van der Waals surface area contributed by atoms with Crippen molar-refractivity contribution in [1.29, 1.82) is 0 Å². The number of nitrogens with one attached hydrogen (secondary N) is 1. The maximum atomic E-state index is 15.0. The third kappa shape index (κ3) is 4.51. The Morgan fingerprint density at radius 3 is 2.13 bits per heavy atom. The first-order valence-corrected chi connectivity index (χ1v) is 12.3. The number of hydrogen-bond acceptors (Lipinski definition) is 3. The van der Waals surface area contributed by atoms with Gasteiger partial charge in [0.2, 0.25) is 5.54 Å². The van der Waals surface area contributed by atoms with Crippen LogP contribution in [0, 0.1) is 11.2 Å². The Kier molecular flexibility index (Phi) is 6.54. The minimum Gasteiger partial charge on any atom is -0.326 e. The summed E-state index contributed by atoms with van der Waals surface area (Å²) in [4.78, 5) is 41.1. The Labute approximate surface area is 222 Å². The van der Waals surface area contributed by atoms with Gasteiger partial charge in [-0.2, -0.15) is 13.2 Å². The molecular weight excluding hydrogens is 524 g/mol. The van der Waals surface area contributed by atoms with E-state index in [1.54, 1.807) is 26.0 Å². The van der Waals surface area contributed by atoms with Crippen LogP contribution in [0.15, 0.2) is 53.7 Å². The topological polar surface area (TPSA) is 66.5 Å². The molecule has 0 saturated heterocycles. The largest absolute Gasteiger partial charge is 0.425 e. The third-order valence-corrected chi connectivity index (χ3v) is 7.21. The highest BCUT2D eigenvalue weighted by atomic mass is 35.5. The molecule has 0 saturated carbocycles. The van der Waals surface area contributed by atoms with Crippen LogP contribution in [0.1, 0.15) is 63.4 Å². The summed E-state index contributed by atoms with van der Waals surface area (Å²) < 4.78 is 58.9. The molecule has 1 aliphatic carbocycles. The van der Waals surface area contributed by atoms with Gasteiger partial charge in [-0.1, -0.05) is 58.4 Å². The molecule has 0 fully saturated rings. The van der Waals surface area contributed by atoms with Crippen molar-refractivity contribution in [2.24, 2.45) is 5.41 Å². The molecule has 2 aliphatic rings. The maximum Gasteiger partial charge on any atom is 0.425 e. The molecule has 2 amide bonds. The van der Waals surface area contributed by atoms with E-state index in [1.165, 1.54) is 12.1 Å². The number of Topliss-reactive ketones (excluding diaryl/α,β-unsaturated/α-hetero) is 1. The predicted molar refractivity (Wildman–Crippen MR) is 135 cm³/mol. The summed E-state index contributed by atoms with van der Waals surface area (Å²) in [6.07, 6.45) is -5.70. The summed E-state index contributed by atoms with van der Waals surface area (Å²) >= 11 is 5.88. The van der Waals surface area contributed by atoms with Crippen LogP contribution in [0.2, 0.25) is 5.02 Å². The highest BCUT2D eigenvalue weighted by Gasteiger charge is 2.72. The Bertz CT molecular complexity index is 1370. The van der Waals surface area contributed by atoms with Gasteiger partial charge in [0.1, 0.15) is 5.82 Å². The third-order valence-electron chi connectivity index (χ3n) is 6.92. The molecule has 0 radical (unpaired) electrons. The lowest BCUT2D eigenvalue weighted by atomic mass is 9.72. The number of amides is 2. The van der Waals surface area contributed by atoms with Gasteiger partial charge in [-0.3, -0.25) is 19.3 Å². The monoisotopic (exact) mass is 550 g/mol. The molecule has 0 aromatic heterocycles. The van der Waals surface area contributed by atoms with Gasteiger partial charge in [-0.25, -0.2) is 4.39 Å². The molecule has 1 atom stereocenters. The standard InChI is InChI=1S/C28H27ClF4N2O3/c1-25(2,3)16-8-6-15(7-9-16)23(37)34-27(28(31,32)33)22-20(13-26(4,5)14-21(22)36)35(24(27)38)17-10-11-19(30)18(29)12-17/h6-12H,13-14H2,1-5H3,(H,34,37). The van der Waals surface area contributed by atoms with Crippen molar-refractivity contribution in [2.45, 2.75) is 64.6 Å². The Hall–Kier alpha value is -3.20. The average molecular weight is 551 g/mol. The SMILES string of the molecule is CC1(C)CC(=O)C2=C(C1)N(c1ccc(F)c(Cl)c1)C(=O)C2(NC(=O)c1ccc(C(C)(C)C)cc1)C(F)(F)F. The Morgan fingerprint density at radius 1 is 1.00 bits per heavy atom. The number of nitrogens with zero attached hydrogens (tertiary/aromatic N) is 1. The molecule has 4 rings (SSSR count). The number of anilines is 1. The van der Waals surface area contributed by atoms with Gasteiger partial charge in [-0.05, 0) is 53.1 Å². The predicted octanol–water partition coefficient (Wildman–Crippen LogP) is 6.50. The minimum atomic E-state index is -5.37. The van der Waals surface area contributed by atoms with E-state index in [2.05, 4.69) is 0 Å². The molecule has 202 valence electrons. The Morgan fingerprint density at radius 2 is 1.61 bits per heavy atom. The molecule has 10 heteroatoms. The molecule has 0 bridgehead atoms. The lowest BCUT2D eigenvalue weighted by Gasteiger charge is -2.35. The molecule has 1 unspecified atom stereocenters. The van der Waals surface area contributed by atoms with Crippen LogP contribution in [0.4, 0.5) is 23.2 Å². The minimum absolute atomic E-state index is 0.0667. The van der Waals surface area contributed by atoms with Crippen LogP contribution >= 0.6 is 11.6 Å². The molecule has 1 heterocycles. The van der Waals surface area contributed by atoms with Crippen LogP contribution in [0.5, 0.6) is 0 Å². The first kappa shape index (κ1) is 27.8. The second-order valence-electron chi connectivity index (χ2n) is 11.5. The van der Waals surface area contributed by atoms with Crippen molar-refractivity contribution in [3.05, 3.63) is 75.7 Å². The van der Waals surface area contributed by atoms with Gasteiger partial charge < -0.3 is 5.32 Å². The number of rotatable bonds is 3. The van der Waals surface area contributed by atoms with E-state index in [9.17, 15) is 31.9 Å². The van der Waals surface area contributed by atoms with Gasteiger partial charge >= 0.3 is 6.18 Å². The summed E-state index contributed by atoms with van der Waals surface area (Å²) in [6, 6.07) is 9.04. The lowest BCUT2D eigenvalue weighted by Crippen LogP contribution is -2.66. The molecule has 2 aromatic carbocycles. The van der Waals surface area contributed by atoms with E-state index in [0.29, 0.717) is 0 Å². The van der Waals surface area contributed by atoms with Crippen LogP contribution < -0.4 is 10.2 Å². The summed E-state index contributed by atoms with van der Waals surface area (Å²) in [5.74, 6) is -4.48. The second-order valence-corrected chi connectivity index (χ2v) is 11.9. The van der Waals surface area contributed by atoms with E-state index in [0.717, 1.165) is 28.7 Å². The smallest absolute Gasteiger partial charge is 0.326 e. The zero-order valence-corrected chi connectivity index (χ0v) is 22.3. The summed E-state index contributed by atoms with van der Waals surface area (Å²) in [5, 5.41) is 1.49. The number of hydrogen-bond donors (Lipinski definition) is 1. The average Bonchev–Trinajstić information content (AvgIpc) is 3.02. The second kappa shape index (κ2) is 8.93. The fourth-order valence-electron chi connectivity index (χ4n) is 5.01. The highest BCUT2D eigenvalue weighted by molar-refractivity contribution is 6.31. The van der Waals surface area contributed by atoms with Crippen LogP contribution in [-0.2, 0) is 15.0 Å². The molecule has 0 spiro atoms. The zero-order chi connectivity index (χ0) is 28.4. The molecule has 2 aromatic rings. The molecule has 1 N–H and O–H groups in total. The van der Waals surface area contributed by atoms with Crippen LogP contribution in [0.3, 0.4) is 0 Å². The van der Waals surface area contributed by atoms with Gasteiger partial charge in [0.05, 0.1) is 16.3 Å². The van der Waals surface area contributed by atoms with E-state index in [4.69, 9.17) is 11.6 Å². The van der Waals surface area contributed by atoms with Gasteiger partial charge in [0, 0.05) is 17.7 Å². The van der Waals surface area contributed by atoms with E-state index < -0.39 is 51.1 Å².